The summed E-state index contributed by atoms with van der Waals surface area (Å²) in [4.78, 5) is 38.1. The Morgan fingerprint density at radius 1 is 1.14 bits per heavy atom. The maximum Gasteiger partial charge on any atom is 0.326 e. The first-order chi connectivity index (χ1) is 17.8. The van der Waals surface area contributed by atoms with Crippen molar-refractivity contribution in [3.05, 3.63) is 29.8 Å². The average molecular weight is 519 g/mol. The van der Waals surface area contributed by atoms with Crippen molar-refractivity contribution < 1.29 is 29.0 Å². The molecule has 4 rings (SSSR count). The molecule has 1 aromatic carbocycles. The number of fused-ring (bicyclic) bond motifs is 13. The lowest BCUT2D eigenvalue weighted by Gasteiger charge is -2.28. The van der Waals surface area contributed by atoms with Crippen LogP contribution >= 0.6 is 0 Å². The van der Waals surface area contributed by atoms with Gasteiger partial charge in [0.25, 0.3) is 0 Å². The van der Waals surface area contributed by atoms with E-state index in [1.165, 1.54) is 0 Å². The number of carbonyl (C=O) groups excluding carboxylic acids is 2. The van der Waals surface area contributed by atoms with Crippen molar-refractivity contribution in [2.75, 3.05) is 32.9 Å². The zero-order valence-corrected chi connectivity index (χ0v) is 22.0. The second-order valence-electron chi connectivity index (χ2n) is 10.3. The number of piperidine rings is 1. The van der Waals surface area contributed by atoms with Crippen LogP contribution in [0.25, 0.3) is 0 Å². The van der Waals surface area contributed by atoms with E-state index in [4.69, 9.17) is 9.47 Å². The Balaban J connectivity index is 1.72. The first-order valence-corrected chi connectivity index (χ1v) is 13.4. The van der Waals surface area contributed by atoms with Gasteiger partial charge in [-0.25, -0.2) is 9.59 Å². The Kier molecular flexibility index (Phi) is 11.5. The number of hydrogen-bond donors (Lipinski definition) is 5. The van der Waals surface area contributed by atoms with E-state index >= 15 is 0 Å². The fourth-order valence-electron chi connectivity index (χ4n) is 4.60. The third-order valence-electron chi connectivity index (χ3n) is 6.94. The Bertz CT molecular complexity index is 872. The second kappa shape index (κ2) is 14.8. The van der Waals surface area contributed by atoms with Crippen molar-refractivity contribution in [3.8, 4) is 5.75 Å². The highest BCUT2D eigenvalue weighted by Gasteiger charge is 2.29. The van der Waals surface area contributed by atoms with Crippen LogP contribution in [0.5, 0.6) is 5.75 Å². The molecule has 2 bridgehead atoms. The third kappa shape index (κ3) is 9.85. The van der Waals surface area contributed by atoms with Crippen LogP contribution in [0.3, 0.4) is 0 Å². The molecule has 1 aromatic rings. The summed E-state index contributed by atoms with van der Waals surface area (Å²) in [6.45, 7) is 7.20. The zero-order chi connectivity index (χ0) is 26.6. The molecule has 10 heteroatoms. The molecule has 0 aromatic heterocycles. The van der Waals surface area contributed by atoms with Gasteiger partial charge in [-0.05, 0) is 74.7 Å². The van der Waals surface area contributed by atoms with Gasteiger partial charge in [-0.2, -0.15) is 0 Å². The SMILES string of the molecule is CC(C)[C@H]1COCCCCOc2ccc(cc2)C[C@@H](NC(=O)NC(CC2CCCNC2)C(=O)O)C(=O)N1. The lowest BCUT2D eigenvalue weighted by Crippen LogP contribution is -2.56. The molecule has 3 amide bonds. The van der Waals surface area contributed by atoms with Crippen molar-refractivity contribution in [3.63, 3.8) is 0 Å². The number of carboxylic acid groups (broad SMARTS) is 1. The van der Waals surface area contributed by atoms with Gasteiger partial charge >= 0.3 is 12.0 Å². The number of ether oxygens (including phenoxy) is 2. The Morgan fingerprint density at radius 3 is 2.57 bits per heavy atom. The van der Waals surface area contributed by atoms with Crippen molar-refractivity contribution in [2.24, 2.45) is 11.8 Å². The fourth-order valence-corrected chi connectivity index (χ4v) is 4.60. The largest absolute Gasteiger partial charge is 0.494 e. The van der Waals surface area contributed by atoms with Gasteiger partial charge in [0.2, 0.25) is 5.91 Å². The van der Waals surface area contributed by atoms with Crippen molar-refractivity contribution >= 4 is 17.9 Å². The van der Waals surface area contributed by atoms with E-state index in [1.54, 1.807) is 0 Å². The van der Waals surface area contributed by atoms with Crippen LogP contribution in [0.15, 0.2) is 24.3 Å². The van der Waals surface area contributed by atoms with Gasteiger partial charge in [-0.3, -0.25) is 4.79 Å². The average Bonchev–Trinajstić information content (AvgIpc) is 2.87. The quantitative estimate of drug-likeness (QED) is 0.389. The van der Waals surface area contributed by atoms with Crippen LogP contribution in [0, 0.1) is 11.8 Å². The van der Waals surface area contributed by atoms with Gasteiger partial charge in [-0.1, -0.05) is 26.0 Å². The molecule has 37 heavy (non-hydrogen) atoms. The van der Waals surface area contributed by atoms with E-state index < -0.39 is 24.1 Å². The molecular formula is C27H42N4O6. The molecule has 4 atom stereocenters. The van der Waals surface area contributed by atoms with Crippen LogP contribution in [-0.2, 0) is 20.7 Å². The molecule has 3 heterocycles. The number of benzene rings is 1. The number of urea groups is 1. The van der Waals surface area contributed by atoms with E-state index in [1.807, 2.05) is 38.1 Å². The Hall–Kier alpha value is -2.85. The third-order valence-corrected chi connectivity index (χ3v) is 6.94. The molecule has 0 saturated carbocycles. The number of amides is 3. The number of hydrogen-bond acceptors (Lipinski definition) is 6. The monoisotopic (exact) mass is 518 g/mol. The summed E-state index contributed by atoms with van der Waals surface area (Å²) in [5.41, 5.74) is 0.848. The smallest absolute Gasteiger partial charge is 0.326 e. The highest BCUT2D eigenvalue weighted by Crippen LogP contribution is 2.17. The summed E-state index contributed by atoms with van der Waals surface area (Å²) in [6, 6.07) is 4.62. The summed E-state index contributed by atoms with van der Waals surface area (Å²) in [5, 5.41) is 21.3. The van der Waals surface area contributed by atoms with Crippen LogP contribution in [0.4, 0.5) is 4.79 Å². The number of rotatable bonds is 6. The minimum atomic E-state index is -1.09. The highest BCUT2D eigenvalue weighted by atomic mass is 16.5. The van der Waals surface area contributed by atoms with Crippen LogP contribution < -0.4 is 26.0 Å². The maximum atomic E-state index is 13.3. The minimum Gasteiger partial charge on any atom is -0.494 e. The number of nitrogens with one attached hydrogen (secondary N) is 4. The fraction of sp³-hybridized carbons (Fsp3) is 0.667. The van der Waals surface area contributed by atoms with Crippen molar-refractivity contribution in [1.29, 1.82) is 0 Å². The first kappa shape index (κ1) is 28.7. The molecule has 0 aliphatic carbocycles. The van der Waals surface area contributed by atoms with Gasteiger partial charge < -0.3 is 35.8 Å². The highest BCUT2D eigenvalue weighted by molar-refractivity contribution is 5.89. The number of carbonyl (C=O) groups is 3. The van der Waals surface area contributed by atoms with Gasteiger partial charge in [0.15, 0.2) is 0 Å². The standard InChI is InChI=1S/C27H42N4O6/c1-18(2)24-17-36-12-3-4-13-37-21-9-7-19(8-10-21)14-22(25(32)29-24)30-27(35)31-23(26(33)34)15-20-6-5-11-28-16-20/h7-10,18,20,22-24,28H,3-6,11-17H2,1-2H3,(H,29,32)(H,33,34)(H2,30,31,35)/t20?,22-,23?,24-/m1/s1. The van der Waals surface area contributed by atoms with Gasteiger partial charge in [0, 0.05) is 13.0 Å². The van der Waals surface area contributed by atoms with E-state index in [2.05, 4.69) is 21.3 Å². The number of aliphatic carboxylic acids is 1. The van der Waals surface area contributed by atoms with Crippen molar-refractivity contribution in [2.45, 2.75) is 70.5 Å². The molecule has 5 N–H and O–H groups in total. The summed E-state index contributed by atoms with van der Waals surface area (Å²) in [6.07, 6.45) is 4.20. The molecular weight excluding hydrogens is 476 g/mol. The van der Waals surface area contributed by atoms with Gasteiger partial charge in [0.05, 0.1) is 19.3 Å². The van der Waals surface area contributed by atoms with E-state index in [-0.39, 0.29) is 30.2 Å². The van der Waals surface area contributed by atoms with Gasteiger partial charge in [-0.15, -0.1) is 0 Å². The van der Waals surface area contributed by atoms with Crippen LogP contribution in [-0.4, -0.2) is 74.0 Å². The summed E-state index contributed by atoms with van der Waals surface area (Å²) < 4.78 is 11.6. The molecule has 0 spiro atoms. The molecule has 1 saturated heterocycles. The summed E-state index contributed by atoms with van der Waals surface area (Å²) >= 11 is 0. The first-order valence-electron chi connectivity index (χ1n) is 13.4. The van der Waals surface area contributed by atoms with E-state index in [0.717, 1.165) is 50.1 Å². The minimum absolute atomic E-state index is 0.125. The number of carboxylic acids is 1. The molecule has 0 radical (unpaired) electrons. The van der Waals surface area contributed by atoms with E-state index in [9.17, 15) is 19.5 Å². The Labute approximate surface area is 219 Å². The van der Waals surface area contributed by atoms with Crippen LogP contribution in [0.2, 0.25) is 0 Å². The molecule has 10 nitrogen and oxygen atoms in total. The molecule has 2 unspecified atom stereocenters. The normalized spacial score (nSPS) is 24.5. The zero-order valence-electron chi connectivity index (χ0n) is 22.0. The summed E-state index contributed by atoms with van der Waals surface area (Å²) in [7, 11) is 0. The van der Waals surface area contributed by atoms with Crippen LogP contribution in [0.1, 0.15) is 51.5 Å². The molecule has 3 aliphatic heterocycles. The molecule has 206 valence electrons. The maximum absolute atomic E-state index is 13.3. The predicted octanol–water partition coefficient (Wildman–Crippen LogP) is 2.07. The Morgan fingerprint density at radius 2 is 1.89 bits per heavy atom. The molecule has 3 aliphatic rings. The van der Waals surface area contributed by atoms with Crippen molar-refractivity contribution in [1.82, 2.24) is 21.3 Å². The van der Waals surface area contributed by atoms with E-state index in [0.29, 0.717) is 26.2 Å². The lowest BCUT2D eigenvalue weighted by molar-refractivity contribution is -0.139. The lowest BCUT2D eigenvalue weighted by atomic mass is 9.92. The molecule has 1 fully saturated rings. The summed E-state index contributed by atoms with van der Waals surface area (Å²) in [5.74, 6) is -0.386. The second-order valence-corrected chi connectivity index (χ2v) is 10.3. The topological polar surface area (TPSA) is 138 Å². The predicted molar refractivity (Wildman–Crippen MR) is 140 cm³/mol. The van der Waals surface area contributed by atoms with Gasteiger partial charge in [0.1, 0.15) is 17.8 Å².